The molecule has 0 bridgehead atoms. The Morgan fingerprint density at radius 1 is 1.26 bits per heavy atom. The number of phenols is 1. The molecule has 0 spiro atoms. The predicted octanol–water partition coefficient (Wildman–Crippen LogP) is 4.19. The van der Waals surface area contributed by atoms with Gasteiger partial charge < -0.3 is 9.52 Å². The van der Waals surface area contributed by atoms with Crippen LogP contribution in [0.1, 0.15) is 11.3 Å². The molecule has 0 aliphatic carbocycles. The monoisotopic (exact) mass is 409 g/mol. The highest BCUT2D eigenvalue weighted by molar-refractivity contribution is 9.10. The van der Waals surface area contributed by atoms with Crippen molar-refractivity contribution in [3.63, 3.8) is 0 Å². The van der Waals surface area contributed by atoms with Crippen LogP contribution in [0.15, 0.2) is 50.4 Å². The normalized spacial score (nSPS) is 16.6. The summed E-state index contributed by atoms with van der Waals surface area (Å²) in [6, 6.07) is 10.5. The number of benzene rings is 1. The Balaban J connectivity index is 1.69. The number of phenolic OH excluding ortho intramolecular Hbond substituents is 1. The van der Waals surface area contributed by atoms with Gasteiger partial charge in [-0.05, 0) is 52.2 Å². The maximum Gasteiger partial charge on any atom is 0.266 e. The maximum absolute atomic E-state index is 12.5. The molecule has 1 amide bonds. The minimum atomic E-state index is -0.105. The van der Waals surface area contributed by atoms with Crippen LogP contribution in [-0.4, -0.2) is 26.8 Å². The molecule has 1 aliphatic heterocycles. The molecule has 2 heterocycles. The Kier molecular flexibility index (Phi) is 4.89. The number of furan rings is 1. The van der Waals surface area contributed by atoms with E-state index in [0.29, 0.717) is 32.6 Å². The SMILES string of the molecule is O=C1/C(=C\c2ccc(Br)o2)SC(=S)N1CCc1ccc(O)cc1. The van der Waals surface area contributed by atoms with Gasteiger partial charge in [0, 0.05) is 12.6 Å². The molecule has 1 aromatic heterocycles. The van der Waals surface area contributed by atoms with Gasteiger partial charge in [0.05, 0.1) is 4.91 Å². The van der Waals surface area contributed by atoms with Crippen molar-refractivity contribution in [2.24, 2.45) is 0 Å². The first kappa shape index (κ1) is 16.3. The molecule has 7 heteroatoms. The van der Waals surface area contributed by atoms with E-state index in [2.05, 4.69) is 15.9 Å². The average molecular weight is 410 g/mol. The lowest BCUT2D eigenvalue weighted by Crippen LogP contribution is -2.30. The molecule has 118 valence electrons. The second-order valence-corrected chi connectivity index (χ2v) is 7.35. The summed E-state index contributed by atoms with van der Waals surface area (Å²) in [6.45, 7) is 0.509. The van der Waals surface area contributed by atoms with E-state index in [1.807, 2.05) is 12.1 Å². The van der Waals surface area contributed by atoms with Crippen LogP contribution in [0.3, 0.4) is 0 Å². The van der Waals surface area contributed by atoms with Crippen molar-refractivity contribution in [3.8, 4) is 5.75 Å². The molecule has 23 heavy (non-hydrogen) atoms. The summed E-state index contributed by atoms with van der Waals surface area (Å²) in [5, 5.41) is 9.29. The van der Waals surface area contributed by atoms with Crippen LogP contribution in [0.4, 0.5) is 0 Å². The molecule has 0 saturated carbocycles. The lowest BCUT2D eigenvalue weighted by atomic mass is 10.1. The van der Waals surface area contributed by atoms with Crippen LogP contribution in [0.2, 0.25) is 0 Å². The molecular weight excluding hydrogens is 398 g/mol. The van der Waals surface area contributed by atoms with E-state index in [9.17, 15) is 9.90 Å². The number of halogens is 1. The molecule has 1 aliphatic rings. The van der Waals surface area contributed by atoms with Crippen LogP contribution < -0.4 is 0 Å². The van der Waals surface area contributed by atoms with Gasteiger partial charge in [-0.3, -0.25) is 9.69 Å². The van der Waals surface area contributed by atoms with E-state index in [4.69, 9.17) is 16.6 Å². The maximum atomic E-state index is 12.5. The fourth-order valence-electron chi connectivity index (χ4n) is 2.13. The number of nitrogens with zero attached hydrogens (tertiary/aromatic N) is 1. The van der Waals surface area contributed by atoms with E-state index in [1.54, 1.807) is 35.2 Å². The minimum Gasteiger partial charge on any atom is -0.508 e. The summed E-state index contributed by atoms with van der Waals surface area (Å²) in [7, 11) is 0. The summed E-state index contributed by atoms with van der Waals surface area (Å²) >= 11 is 9.81. The molecule has 1 N–H and O–H groups in total. The highest BCUT2D eigenvalue weighted by Gasteiger charge is 2.31. The van der Waals surface area contributed by atoms with Crippen LogP contribution in [0, 0.1) is 0 Å². The molecular formula is C16H12BrNO3S2. The number of hydrogen-bond acceptors (Lipinski definition) is 5. The zero-order valence-corrected chi connectivity index (χ0v) is 15.1. The first-order valence-electron chi connectivity index (χ1n) is 6.81. The van der Waals surface area contributed by atoms with Gasteiger partial charge in [-0.25, -0.2) is 0 Å². The lowest BCUT2D eigenvalue weighted by molar-refractivity contribution is -0.122. The van der Waals surface area contributed by atoms with Crippen molar-refractivity contribution in [2.75, 3.05) is 6.54 Å². The third-order valence-electron chi connectivity index (χ3n) is 3.30. The Morgan fingerprint density at radius 3 is 2.65 bits per heavy atom. The van der Waals surface area contributed by atoms with E-state index in [-0.39, 0.29) is 11.7 Å². The number of carbonyl (C=O) groups is 1. The summed E-state index contributed by atoms with van der Waals surface area (Å²) < 4.78 is 6.56. The molecule has 0 unspecified atom stereocenters. The van der Waals surface area contributed by atoms with E-state index in [0.717, 1.165) is 5.56 Å². The zero-order chi connectivity index (χ0) is 16.4. The molecule has 2 aromatic rings. The highest BCUT2D eigenvalue weighted by atomic mass is 79.9. The van der Waals surface area contributed by atoms with Crippen LogP contribution in [0.25, 0.3) is 6.08 Å². The van der Waals surface area contributed by atoms with E-state index in [1.165, 1.54) is 11.8 Å². The Hall–Kier alpha value is -1.57. The quantitative estimate of drug-likeness (QED) is 0.605. The number of hydrogen-bond donors (Lipinski definition) is 1. The van der Waals surface area contributed by atoms with Crippen molar-refractivity contribution < 1.29 is 14.3 Å². The topological polar surface area (TPSA) is 53.7 Å². The fraction of sp³-hybridized carbons (Fsp3) is 0.125. The summed E-state index contributed by atoms with van der Waals surface area (Å²) in [5.41, 5.74) is 1.04. The second kappa shape index (κ2) is 6.90. The van der Waals surface area contributed by atoms with Crippen molar-refractivity contribution in [3.05, 3.63) is 57.3 Å². The van der Waals surface area contributed by atoms with Crippen molar-refractivity contribution in [1.82, 2.24) is 4.90 Å². The molecule has 0 atom stereocenters. The van der Waals surface area contributed by atoms with Gasteiger partial charge >= 0.3 is 0 Å². The standard InChI is InChI=1S/C16H12BrNO3S2/c17-14-6-5-12(21-14)9-13-15(20)18(16(22)23-13)8-7-10-1-3-11(19)4-2-10/h1-6,9,19H,7-8H2/b13-9+. The minimum absolute atomic E-state index is 0.105. The van der Waals surface area contributed by atoms with Crippen molar-refractivity contribution >= 4 is 56.2 Å². The Labute approximate surface area is 151 Å². The Morgan fingerprint density at radius 2 is 2.00 bits per heavy atom. The lowest BCUT2D eigenvalue weighted by Gasteiger charge is -2.14. The van der Waals surface area contributed by atoms with Gasteiger partial charge in [0.15, 0.2) is 4.67 Å². The van der Waals surface area contributed by atoms with E-state index >= 15 is 0 Å². The molecule has 1 saturated heterocycles. The van der Waals surface area contributed by atoms with Crippen LogP contribution in [0.5, 0.6) is 5.75 Å². The summed E-state index contributed by atoms with van der Waals surface area (Å²) in [6.07, 6.45) is 2.37. The second-order valence-electron chi connectivity index (χ2n) is 4.89. The number of thiocarbonyl (C=S) groups is 1. The molecule has 4 nitrogen and oxygen atoms in total. The van der Waals surface area contributed by atoms with Crippen LogP contribution >= 0.6 is 39.9 Å². The van der Waals surface area contributed by atoms with E-state index < -0.39 is 0 Å². The first-order valence-corrected chi connectivity index (χ1v) is 8.83. The zero-order valence-electron chi connectivity index (χ0n) is 11.9. The molecule has 3 rings (SSSR count). The summed E-state index contributed by atoms with van der Waals surface area (Å²) in [5.74, 6) is 0.731. The molecule has 1 fully saturated rings. The average Bonchev–Trinajstić information content (AvgIpc) is 3.04. The third-order valence-corrected chi connectivity index (χ3v) is 5.11. The molecule has 1 aromatic carbocycles. The van der Waals surface area contributed by atoms with Crippen LogP contribution in [-0.2, 0) is 11.2 Å². The van der Waals surface area contributed by atoms with Crippen molar-refractivity contribution in [1.29, 1.82) is 0 Å². The number of rotatable bonds is 4. The van der Waals surface area contributed by atoms with Crippen molar-refractivity contribution in [2.45, 2.75) is 6.42 Å². The number of aromatic hydroxyl groups is 1. The summed E-state index contributed by atoms with van der Waals surface area (Å²) in [4.78, 5) is 14.6. The predicted molar refractivity (Wildman–Crippen MR) is 98.1 cm³/mol. The van der Waals surface area contributed by atoms with Gasteiger partial charge in [0.25, 0.3) is 5.91 Å². The van der Waals surface area contributed by atoms with Gasteiger partial charge in [-0.2, -0.15) is 0 Å². The van der Waals surface area contributed by atoms with Gasteiger partial charge in [-0.15, -0.1) is 0 Å². The first-order chi connectivity index (χ1) is 11.0. The Bertz CT molecular complexity index is 783. The smallest absolute Gasteiger partial charge is 0.266 e. The van der Waals surface area contributed by atoms with Gasteiger partial charge in [0.2, 0.25) is 0 Å². The third kappa shape index (κ3) is 3.85. The largest absolute Gasteiger partial charge is 0.508 e. The van der Waals surface area contributed by atoms with Gasteiger partial charge in [0.1, 0.15) is 15.8 Å². The molecule has 0 radical (unpaired) electrons. The highest BCUT2D eigenvalue weighted by Crippen LogP contribution is 2.33. The number of carbonyl (C=O) groups excluding carboxylic acids is 1. The number of thioether (sulfide) groups is 1. The fourth-order valence-corrected chi connectivity index (χ4v) is 3.74. The van der Waals surface area contributed by atoms with Gasteiger partial charge in [-0.1, -0.05) is 36.1 Å². The number of amides is 1.